The highest BCUT2D eigenvalue weighted by Crippen LogP contribution is 2.19. The highest BCUT2D eigenvalue weighted by molar-refractivity contribution is 4.84. The molecule has 0 atom stereocenters. The molecule has 2 saturated heterocycles. The van der Waals surface area contributed by atoms with Crippen LogP contribution in [0.1, 0.15) is 12.8 Å². The topological polar surface area (TPSA) is 50.7 Å². The fraction of sp³-hybridized carbons (Fsp3) is 1.00. The Kier molecular flexibility index (Phi) is 2.83. The smallest absolute Gasteiger partial charge is 0.104 e. The molecule has 0 radical (unpaired) electrons. The lowest BCUT2D eigenvalue weighted by atomic mass is 9.93. The molecule has 2 aliphatic rings. The normalized spacial score (nSPS) is 28.4. The largest absolute Gasteiger partial charge is 0.387 e. The van der Waals surface area contributed by atoms with E-state index in [2.05, 4.69) is 5.32 Å². The van der Waals surface area contributed by atoms with Gasteiger partial charge in [-0.3, -0.25) is 0 Å². The zero-order chi connectivity index (χ0) is 9.15. The van der Waals surface area contributed by atoms with Gasteiger partial charge in [0.1, 0.15) is 6.10 Å². The van der Waals surface area contributed by atoms with Gasteiger partial charge in [0.15, 0.2) is 0 Å². The Balaban J connectivity index is 1.71. The Hall–Kier alpha value is -0.160. The van der Waals surface area contributed by atoms with Crippen LogP contribution in [0.2, 0.25) is 0 Å². The number of nitrogens with one attached hydrogen (secondary N) is 1. The Bertz CT molecular complexity index is 164. The predicted molar refractivity (Wildman–Crippen MR) is 47.6 cm³/mol. The monoisotopic (exact) mass is 187 g/mol. The zero-order valence-electron chi connectivity index (χ0n) is 7.79. The molecular formula is C9H17NO3. The third-order valence-corrected chi connectivity index (χ3v) is 2.73. The van der Waals surface area contributed by atoms with Crippen LogP contribution >= 0.6 is 0 Å². The van der Waals surface area contributed by atoms with Crippen LogP contribution in [0.3, 0.4) is 0 Å². The molecule has 2 fully saturated rings. The Labute approximate surface area is 78.2 Å². The molecule has 0 unspecified atom stereocenters. The van der Waals surface area contributed by atoms with Crippen molar-refractivity contribution in [1.82, 2.24) is 5.32 Å². The highest BCUT2D eigenvalue weighted by atomic mass is 16.6. The molecule has 76 valence electrons. The van der Waals surface area contributed by atoms with E-state index >= 15 is 0 Å². The van der Waals surface area contributed by atoms with E-state index in [1.807, 2.05) is 0 Å². The minimum absolute atomic E-state index is 0.221. The number of hydrogen-bond acceptors (Lipinski definition) is 4. The van der Waals surface area contributed by atoms with Gasteiger partial charge in [-0.05, 0) is 25.9 Å². The first-order chi connectivity index (χ1) is 6.29. The fourth-order valence-corrected chi connectivity index (χ4v) is 1.62. The van der Waals surface area contributed by atoms with Gasteiger partial charge in [-0.15, -0.1) is 0 Å². The molecule has 0 aromatic rings. The summed E-state index contributed by atoms with van der Waals surface area (Å²) in [6.45, 7) is 3.62. The molecule has 2 aliphatic heterocycles. The lowest BCUT2D eigenvalue weighted by molar-refractivity contribution is -0.165. The summed E-state index contributed by atoms with van der Waals surface area (Å²) in [5, 5.41) is 13.2. The van der Waals surface area contributed by atoms with Gasteiger partial charge in [0, 0.05) is 0 Å². The molecule has 4 nitrogen and oxygen atoms in total. The second-order valence-corrected chi connectivity index (χ2v) is 3.94. The van der Waals surface area contributed by atoms with Crippen molar-refractivity contribution < 1.29 is 14.6 Å². The standard InChI is InChI=1S/C9H17NO3/c11-9(1-3-10-4-2-9)7-13-8-5-12-6-8/h8,10-11H,1-7H2. The van der Waals surface area contributed by atoms with Crippen molar-refractivity contribution in [3.63, 3.8) is 0 Å². The van der Waals surface area contributed by atoms with Crippen molar-refractivity contribution in [2.24, 2.45) is 0 Å². The number of piperidine rings is 1. The van der Waals surface area contributed by atoms with Gasteiger partial charge in [-0.25, -0.2) is 0 Å². The average Bonchev–Trinajstić information content (AvgIpc) is 2.02. The van der Waals surface area contributed by atoms with Gasteiger partial charge >= 0.3 is 0 Å². The third-order valence-electron chi connectivity index (χ3n) is 2.73. The van der Waals surface area contributed by atoms with Crippen LogP contribution in [0.25, 0.3) is 0 Å². The summed E-state index contributed by atoms with van der Waals surface area (Å²) in [5.41, 5.74) is -0.596. The van der Waals surface area contributed by atoms with E-state index in [1.54, 1.807) is 0 Å². The SMILES string of the molecule is OC1(COC2COC2)CCNCC1. The Morgan fingerprint density at radius 2 is 2.08 bits per heavy atom. The molecule has 0 aliphatic carbocycles. The molecule has 0 aromatic heterocycles. The zero-order valence-corrected chi connectivity index (χ0v) is 7.79. The second-order valence-electron chi connectivity index (χ2n) is 3.94. The Morgan fingerprint density at radius 3 is 2.62 bits per heavy atom. The van der Waals surface area contributed by atoms with Crippen molar-refractivity contribution in [3.8, 4) is 0 Å². The maximum Gasteiger partial charge on any atom is 0.104 e. The fourth-order valence-electron chi connectivity index (χ4n) is 1.62. The van der Waals surface area contributed by atoms with Crippen molar-refractivity contribution in [3.05, 3.63) is 0 Å². The van der Waals surface area contributed by atoms with Crippen molar-refractivity contribution in [1.29, 1.82) is 0 Å². The summed E-state index contributed by atoms with van der Waals surface area (Å²) in [6.07, 6.45) is 1.81. The van der Waals surface area contributed by atoms with Gasteiger partial charge in [-0.2, -0.15) is 0 Å². The van der Waals surface area contributed by atoms with Crippen LogP contribution in [0.15, 0.2) is 0 Å². The van der Waals surface area contributed by atoms with Crippen LogP contribution < -0.4 is 5.32 Å². The molecule has 13 heavy (non-hydrogen) atoms. The third kappa shape index (κ3) is 2.40. The first-order valence-electron chi connectivity index (χ1n) is 4.91. The molecule has 2 rings (SSSR count). The summed E-state index contributed by atoms with van der Waals surface area (Å²) in [4.78, 5) is 0. The number of aliphatic hydroxyl groups is 1. The lowest BCUT2D eigenvalue weighted by Crippen LogP contribution is -2.48. The second kappa shape index (κ2) is 3.92. The van der Waals surface area contributed by atoms with Gasteiger partial charge in [0.25, 0.3) is 0 Å². The molecule has 0 saturated carbocycles. The van der Waals surface area contributed by atoms with Crippen molar-refractivity contribution >= 4 is 0 Å². The highest BCUT2D eigenvalue weighted by Gasteiger charge is 2.31. The average molecular weight is 187 g/mol. The van der Waals surface area contributed by atoms with E-state index in [-0.39, 0.29) is 6.10 Å². The summed E-state index contributed by atoms with van der Waals surface area (Å²) in [6, 6.07) is 0. The summed E-state index contributed by atoms with van der Waals surface area (Å²) >= 11 is 0. The number of ether oxygens (including phenoxy) is 2. The quantitative estimate of drug-likeness (QED) is 0.626. The van der Waals surface area contributed by atoms with Crippen molar-refractivity contribution in [2.45, 2.75) is 24.5 Å². The Morgan fingerprint density at radius 1 is 1.38 bits per heavy atom. The van der Waals surface area contributed by atoms with Crippen LogP contribution in [0, 0.1) is 0 Å². The molecule has 0 amide bonds. The predicted octanol–water partition coefficient (Wildman–Crippen LogP) is -0.484. The number of hydrogen-bond donors (Lipinski definition) is 2. The number of rotatable bonds is 3. The summed E-state index contributed by atoms with van der Waals surface area (Å²) in [7, 11) is 0. The maximum atomic E-state index is 10.0. The molecule has 2 N–H and O–H groups in total. The minimum atomic E-state index is -0.596. The van der Waals surface area contributed by atoms with Gasteiger partial charge < -0.3 is 19.9 Å². The van der Waals surface area contributed by atoms with E-state index in [0.29, 0.717) is 19.8 Å². The van der Waals surface area contributed by atoms with Crippen molar-refractivity contribution in [2.75, 3.05) is 32.9 Å². The van der Waals surface area contributed by atoms with Crippen LogP contribution in [0.5, 0.6) is 0 Å². The van der Waals surface area contributed by atoms with Gasteiger partial charge in [0.05, 0.1) is 25.4 Å². The molecule has 2 heterocycles. The van der Waals surface area contributed by atoms with Crippen LogP contribution in [-0.4, -0.2) is 49.7 Å². The lowest BCUT2D eigenvalue weighted by Gasteiger charge is -2.35. The van der Waals surface area contributed by atoms with E-state index in [4.69, 9.17) is 9.47 Å². The summed E-state index contributed by atoms with van der Waals surface area (Å²) < 4.78 is 10.5. The van der Waals surface area contributed by atoms with Crippen LogP contribution in [0.4, 0.5) is 0 Å². The van der Waals surface area contributed by atoms with Gasteiger partial charge in [-0.1, -0.05) is 0 Å². The molecule has 0 bridgehead atoms. The van der Waals surface area contributed by atoms with E-state index in [9.17, 15) is 5.11 Å². The maximum absolute atomic E-state index is 10.0. The minimum Gasteiger partial charge on any atom is -0.387 e. The van der Waals surface area contributed by atoms with E-state index in [1.165, 1.54) is 0 Å². The molecule has 0 spiro atoms. The first kappa shape index (κ1) is 9.40. The van der Waals surface area contributed by atoms with E-state index in [0.717, 1.165) is 25.9 Å². The molecule has 0 aromatic carbocycles. The van der Waals surface area contributed by atoms with Gasteiger partial charge in [0.2, 0.25) is 0 Å². The van der Waals surface area contributed by atoms with Crippen LogP contribution in [-0.2, 0) is 9.47 Å². The molecule has 4 heteroatoms. The summed E-state index contributed by atoms with van der Waals surface area (Å²) in [5.74, 6) is 0. The molecular weight excluding hydrogens is 170 g/mol. The first-order valence-corrected chi connectivity index (χ1v) is 4.91. The van der Waals surface area contributed by atoms with E-state index < -0.39 is 5.60 Å².